The molecule has 0 bridgehead atoms. The Hall–Kier alpha value is -3.03. The standard InChI is InChI=1S/C25H27FN2O4/c1-17-7-9-18(10-8-17)23(29)21-22(19-5-2-3-6-20(19)26)28(25(31)24(21)30)12-4-11-27-13-15-32-16-14-27/h2-3,5-10,22,29H,4,11-16H2,1H3. The van der Waals surface area contributed by atoms with Gasteiger partial charge in [0, 0.05) is 37.3 Å². The van der Waals surface area contributed by atoms with Crippen molar-refractivity contribution >= 4 is 17.4 Å². The summed E-state index contributed by atoms with van der Waals surface area (Å²) in [6, 6.07) is 12.1. The molecule has 6 nitrogen and oxygen atoms in total. The van der Waals surface area contributed by atoms with Crippen LogP contribution in [0.25, 0.3) is 5.76 Å². The lowest BCUT2D eigenvalue weighted by Gasteiger charge is -2.29. The average Bonchev–Trinajstić information content (AvgIpc) is 3.05. The summed E-state index contributed by atoms with van der Waals surface area (Å²) in [4.78, 5) is 29.6. The van der Waals surface area contributed by atoms with Crippen molar-refractivity contribution in [1.82, 2.24) is 9.80 Å². The lowest BCUT2D eigenvalue weighted by atomic mass is 9.94. The van der Waals surface area contributed by atoms with E-state index in [9.17, 15) is 19.1 Å². The summed E-state index contributed by atoms with van der Waals surface area (Å²) in [6.07, 6.45) is 0.628. The van der Waals surface area contributed by atoms with Gasteiger partial charge in [0.15, 0.2) is 0 Å². The van der Waals surface area contributed by atoms with Crippen LogP contribution in [0, 0.1) is 12.7 Å². The number of morpholine rings is 1. The van der Waals surface area contributed by atoms with Crippen LogP contribution in [0.2, 0.25) is 0 Å². The highest BCUT2D eigenvalue weighted by Gasteiger charge is 2.46. The Bertz CT molecular complexity index is 1030. The average molecular weight is 438 g/mol. The fourth-order valence-electron chi connectivity index (χ4n) is 4.29. The molecule has 2 aromatic rings. The van der Waals surface area contributed by atoms with Crippen LogP contribution in [0.4, 0.5) is 4.39 Å². The first-order valence-electron chi connectivity index (χ1n) is 10.9. The van der Waals surface area contributed by atoms with Gasteiger partial charge in [-0.3, -0.25) is 14.5 Å². The lowest BCUT2D eigenvalue weighted by Crippen LogP contribution is -2.39. The Morgan fingerprint density at radius 3 is 2.44 bits per heavy atom. The van der Waals surface area contributed by atoms with E-state index in [1.165, 1.54) is 11.0 Å². The molecular weight excluding hydrogens is 411 g/mol. The van der Waals surface area contributed by atoms with E-state index >= 15 is 0 Å². The van der Waals surface area contributed by atoms with Crippen LogP contribution in [-0.2, 0) is 14.3 Å². The molecule has 2 fully saturated rings. The van der Waals surface area contributed by atoms with Gasteiger partial charge in [-0.25, -0.2) is 4.39 Å². The lowest BCUT2D eigenvalue weighted by molar-refractivity contribution is -0.140. The zero-order valence-corrected chi connectivity index (χ0v) is 18.1. The first-order chi connectivity index (χ1) is 15.5. The molecule has 1 amide bonds. The van der Waals surface area contributed by atoms with Gasteiger partial charge in [0.1, 0.15) is 11.6 Å². The Morgan fingerprint density at radius 2 is 1.75 bits per heavy atom. The molecule has 2 aliphatic rings. The van der Waals surface area contributed by atoms with Crippen LogP contribution in [-0.4, -0.2) is 66.0 Å². The molecular formula is C25H27FN2O4. The summed E-state index contributed by atoms with van der Waals surface area (Å²) in [7, 11) is 0. The van der Waals surface area contributed by atoms with Gasteiger partial charge < -0.3 is 14.7 Å². The first-order valence-corrected chi connectivity index (χ1v) is 10.9. The second-order valence-electron chi connectivity index (χ2n) is 8.19. The summed E-state index contributed by atoms with van der Waals surface area (Å²) in [5, 5.41) is 11.0. The van der Waals surface area contributed by atoms with E-state index in [0.717, 1.165) is 25.2 Å². The molecule has 2 saturated heterocycles. The van der Waals surface area contributed by atoms with Crippen molar-refractivity contribution < 1.29 is 23.8 Å². The Morgan fingerprint density at radius 1 is 1.06 bits per heavy atom. The number of rotatable bonds is 6. The highest BCUT2D eigenvalue weighted by atomic mass is 19.1. The number of carbonyl (C=O) groups excluding carboxylic acids is 2. The molecule has 7 heteroatoms. The molecule has 32 heavy (non-hydrogen) atoms. The van der Waals surface area contributed by atoms with Gasteiger partial charge in [0.05, 0.1) is 24.8 Å². The maximum Gasteiger partial charge on any atom is 0.295 e. The van der Waals surface area contributed by atoms with Crippen LogP contribution in [0.1, 0.15) is 29.2 Å². The molecule has 0 aliphatic carbocycles. The van der Waals surface area contributed by atoms with Crippen molar-refractivity contribution in [3.63, 3.8) is 0 Å². The number of hydrogen-bond donors (Lipinski definition) is 1. The van der Waals surface area contributed by atoms with Crippen LogP contribution in [0.5, 0.6) is 0 Å². The van der Waals surface area contributed by atoms with Crippen molar-refractivity contribution in [2.24, 2.45) is 0 Å². The monoisotopic (exact) mass is 438 g/mol. The number of nitrogens with zero attached hydrogens (tertiary/aromatic N) is 2. The fraction of sp³-hybridized carbons (Fsp3) is 0.360. The first kappa shape index (κ1) is 22.2. The summed E-state index contributed by atoms with van der Waals surface area (Å²) < 4.78 is 20.2. The van der Waals surface area contributed by atoms with Crippen LogP contribution in [0.15, 0.2) is 54.1 Å². The van der Waals surface area contributed by atoms with E-state index in [2.05, 4.69) is 4.90 Å². The quantitative estimate of drug-likeness (QED) is 0.426. The van der Waals surface area contributed by atoms with Crippen molar-refractivity contribution in [2.45, 2.75) is 19.4 Å². The maximum atomic E-state index is 14.8. The number of halogens is 1. The largest absolute Gasteiger partial charge is 0.507 e. The highest BCUT2D eigenvalue weighted by Crippen LogP contribution is 2.40. The fourth-order valence-corrected chi connectivity index (χ4v) is 4.29. The number of carbonyl (C=O) groups is 2. The number of ether oxygens (including phenoxy) is 1. The molecule has 4 rings (SSSR count). The SMILES string of the molecule is Cc1ccc(C(O)=C2C(=O)C(=O)N(CCCN3CCOCC3)C2c2ccccc2F)cc1. The molecule has 2 heterocycles. The number of hydrogen-bond acceptors (Lipinski definition) is 5. The van der Waals surface area contributed by atoms with E-state index < -0.39 is 23.5 Å². The summed E-state index contributed by atoms with van der Waals surface area (Å²) >= 11 is 0. The van der Waals surface area contributed by atoms with Gasteiger partial charge in [0.25, 0.3) is 11.7 Å². The molecule has 1 atom stereocenters. The molecule has 168 valence electrons. The maximum absolute atomic E-state index is 14.8. The predicted octanol–water partition coefficient (Wildman–Crippen LogP) is 3.28. The molecule has 1 N–H and O–H groups in total. The number of Topliss-reactive ketones (excluding diaryl/α,β-unsaturated/α-hetero) is 1. The molecule has 0 aromatic heterocycles. The molecule has 0 saturated carbocycles. The predicted molar refractivity (Wildman–Crippen MR) is 118 cm³/mol. The van der Waals surface area contributed by atoms with Gasteiger partial charge in [-0.05, 0) is 19.4 Å². The number of ketones is 1. The van der Waals surface area contributed by atoms with E-state index in [-0.39, 0.29) is 23.4 Å². The van der Waals surface area contributed by atoms with Crippen LogP contribution >= 0.6 is 0 Å². The van der Waals surface area contributed by atoms with Crippen molar-refractivity contribution in [2.75, 3.05) is 39.4 Å². The second kappa shape index (κ2) is 9.63. The number of benzene rings is 2. The number of amides is 1. The zero-order valence-electron chi connectivity index (χ0n) is 18.1. The Balaban J connectivity index is 1.68. The Labute approximate surface area is 186 Å². The number of aliphatic hydroxyl groups excluding tert-OH is 1. The normalized spacial score (nSPS) is 21.3. The van der Waals surface area contributed by atoms with Gasteiger partial charge in [-0.2, -0.15) is 0 Å². The van der Waals surface area contributed by atoms with Crippen molar-refractivity contribution in [3.8, 4) is 0 Å². The van der Waals surface area contributed by atoms with E-state index in [4.69, 9.17) is 4.74 Å². The summed E-state index contributed by atoms with van der Waals surface area (Å²) in [5.74, 6) is -2.31. The smallest absolute Gasteiger partial charge is 0.295 e. The van der Waals surface area contributed by atoms with Gasteiger partial charge in [-0.1, -0.05) is 48.0 Å². The minimum atomic E-state index is -0.970. The molecule has 0 radical (unpaired) electrons. The van der Waals surface area contributed by atoms with E-state index in [1.54, 1.807) is 30.3 Å². The van der Waals surface area contributed by atoms with Crippen molar-refractivity contribution in [1.29, 1.82) is 0 Å². The zero-order chi connectivity index (χ0) is 22.7. The third-order valence-corrected chi connectivity index (χ3v) is 6.04. The van der Waals surface area contributed by atoms with Crippen LogP contribution in [0.3, 0.4) is 0 Å². The number of aliphatic hydroxyl groups is 1. The van der Waals surface area contributed by atoms with E-state index in [0.29, 0.717) is 25.2 Å². The second-order valence-corrected chi connectivity index (χ2v) is 8.19. The Kier molecular flexibility index (Phi) is 6.67. The molecule has 2 aliphatic heterocycles. The van der Waals surface area contributed by atoms with Gasteiger partial charge >= 0.3 is 0 Å². The van der Waals surface area contributed by atoms with Crippen molar-refractivity contribution in [3.05, 3.63) is 76.6 Å². The minimum Gasteiger partial charge on any atom is -0.507 e. The topological polar surface area (TPSA) is 70.1 Å². The number of aryl methyl sites for hydroxylation is 1. The number of likely N-dealkylation sites (tertiary alicyclic amines) is 1. The minimum absolute atomic E-state index is 0.0738. The van der Waals surface area contributed by atoms with Gasteiger partial charge in [0.2, 0.25) is 0 Å². The van der Waals surface area contributed by atoms with Gasteiger partial charge in [-0.15, -0.1) is 0 Å². The molecule has 1 unspecified atom stereocenters. The van der Waals surface area contributed by atoms with E-state index in [1.807, 2.05) is 19.1 Å². The summed E-state index contributed by atoms with van der Waals surface area (Å²) in [6.45, 7) is 5.94. The summed E-state index contributed by atoms with van der Waals surface area (Å²) in [5.41, 5.74) is 1.54. The van der Waals surface area contributed by atoms with Crippen LogP contribution < -0.4 is 0 Å². The molecule has 0 spiro atoms. The highest BCUT2D eigenvalue weighted by molar-refractivity contribution is 6.46. The third-order valence-electron chi connectivity index (χ3n) is 6.04. The third kappa shape index (κ3) is 4.45. The molecule has 2 aromatic carbocycles.